The van der Waals surface area contributed by atoms with Crippen LogP contribution in [0.2, 0.25) is 0 Å². The summed E-state index contributed by atoms with van der Waals surface area (Å²) in [4.78, 5) is 0. The Morgan fingerprint density at radius 2 is 2.06 bits per heavy atom. The van der Waals surface area contributed by atoms with Crippen molar-refractivity contribution in [2.24, 2.45) is 17.3 Å². The van der Waals surface area contributed by atoms with Crippen molar-refractivity contribution in [1.29, 1.82) is 0 Å². The molecule has 1 saturated carbocycles. The van der Waals surface area contributed by atoms with Crippen LogP contribution in [0.4, 0.5) is 0 Å². The summed E-state index contributed by atoms with van der Waals surface area (Å²) in [6.45, 7) is 8.97. The van der Waals surface area contributed by atoms with E-state index in [0.717, 1.165) is 24.7 Å². The third kappa shape index (κ3) is 1.73. The van der Waals surface area contributed by atoms with Gasteiger partial charge in [-0.25, -0.2) is 0 Å². The van der Waals surface area contributed by atoms with Crippen LogP contribution >= 0.6 is 0 Å². The summed E-state index contributed by atoms with van der Waals surface area (Å²) < 4.78 is 0. The predicted octanol–water partition coefficient (Wildman–Crippen LogP) is 3.92. The maximum absolute atomic E-state index is 10.7. The third-order valence-electron chi connectivity index (χ3n) is 5.32. The highest BCUT2D eigenvalue weighted by atomic mass is 16.3. The van der Waals surface area contributed by atoms with Crippen LogP contribution in [0.5, 0.6) is 0 Å². The van der Waals surface area contributed by atoms with Crippen LogP contribution in [0.25, 0.3) is 0 Å². The molecule has 0 unspecified atom stereocenters. The normalized spacial score (nSPS) is 44.1. The first-order chi connectivity index (χ1) is 7.37. The van der Waals surface area contributed by atoms with Crippen molar-refractivity contribution in [2.75, 3.05) is 0 Å². The maximum atomic E-state index is 10.7. The highest BCUT2D eigenvalue weighted by Gasteiger charge is 2.50. The van der Waals surface area contributed by atoms with Crippen molar-refractivity contribution in [3.63, 3.8) is 0 Å². The SMILES string of the molecule is CC(C)[C@@H]1CCC2=CCC[C@@](C)(O)[C@@]2(C)C1. The molecule has 0 aliphatic heterocycles. The lowest BCUT2D eigenvalue weighted by Crippen LogP contribution is -2.50. The van der Waals surface area contributed by atoms with Gasteiger partial charge in [-0.05, 0) is 50.9 Å². The largest absolute Gasteiger partial charge is 0.389 e. The molecule has 0 bridgehead atoms. The minimum atomic E-state index is -0.495. The molecule has 0 aromatic carbocycles. The summed E-state index contributed by atoms with van der Waals surface area (Å²) in [5.41, 5.74) is 1.07. The van der Waals surface area contributed by atoms with Gasteiger partial charge in [-0.1, -0.05) is 32.4 Å². The van der Waals surface area contributed by atoms with Gasteiger partial charge in [-0.2, -0.15) is 0 Å². The van der Waals surface area contributed by atoms with Gasteiger partial charge < -0.3 is 5.11 Å². The zero-order valence-electron chi connectivity index (χ0n) is 11.2. The average molecular weight is 222 g/mol. The van der Waals surface area contributed by atoms with Crippen molar-refractivity contribution in [2.45, 2.75) is 65.4 Å². The van der Waals surface area contributed by atoms with E-state index in [2.05, 4.69) is 26.8 Å². The van der Waals surface area contributed by atoms with Crippen molar-refractivity contribution in [3.05, 3.63) is 11.6 Å². The Balaban J connectivity index is 2.29. The van der Waals surface area contributed by atoms with Gasteiger partial charge in [0.05, 0.1) is 5.60 Å². The van der Waals surface area contributed by atoms with E-state index in [4.69, 9.17) is 0 Å². The molecule has 2 rings (SSSR count). The Labute approximate surface area is 99.9 Å². The summed E-state index contributed by atoms with van der Waals surface area (Å²) in [7, 11) is 0. The fourth-order valence-electron chi connectivity index (χ4n) is 3.64. The summed E-state index contributed by atoms with van der Waals surface area (Å²) in [6.07, 6.45) is 8.07. The number of hydrogen-bond acceptors (Lipinski definition) is 1. The van der Waals surface area contributed by atoms with E-state index >= 15 is 0 Å². The molecular formula is C15H26O. The zero-order valence-corrected chi connectivity index (χ0v) is 11.2. The molecular weight excluding hydrogens is 196 g/mol. The summed E-state index contributed by atoms with van der Waals surface area (Å²) in [5.74, 6) is 1.53. The lowest BCUT2D eigenvalue weighted by atomic mass is 9.55. The summed E-state index contributed by atoms with van der Waals surface area (Å²) in [6, 6.07) is 0. The van der Waals surface area contributed by atoms with Crippen LogP contribution in [0.3, 0.4) is 0 Å². The van der Waals surface area contributed by atoms with Gasteiger partial charge in [-0.3, -0.25) is 0 Å². The smallest absolute Gasteiger partial charge is 0.0713 e. The predicted molar refractivity (Wildman–Crippen MR) is 68.2 cm³/mol. The second-order valence-corrected chi connectivity index (χ2v) is 6.62. The fourth-order valence-corrected chi connectivity index (χ4v) is 3.64. The van der Waals surface area contributed by atoms with Gasteiger partial charge in [0.1, 0.15) is 0 Å². The van der Waals surface area contributed by atoms with E-state index in [9.17, 15) is 5.11 Å². The lowest BCUT2D eigenvalue weighted by Gasteiger charge is -2.52. The van der Waals surface area contributed by atoms with Gasteiger partial charge in [-0.15, -0.1) is 0 Å². The van der Waals surface area contributed by atoms with Crippen molar-refractivity contribution in [1.82, 2.24) is 0 Å². The topological polar surface area (TPSA) is 20.2 Å². The number of aliphatic hydroxyl groups is 1. The molecule has 0 aromatic heterocycles. The van der Waals surface area contributed by atoms with Crippen molar-refractivity contribution in [3.8, 4) is 0 Å². The minimum absolute atomic E-state index is 0.0401. The van der Waals surface area contributed by atoms with Gasteiger partial charge in [0.15, 0.2) is 0 Å². The highest BCUT2D eigenvalue weighted by Crippen LogP contribution is 2.55. The molecule has 0 radical (unpaired) electrons. The van der Waals surface area contributed by atoms with Gasteiger partial charge in [0.2, 0.25) is 0 Å². The maximum Gasteiger partial charge on any atom is 0.0713 e. The molecule has 0 aromatic rings. The standard InChI is InChI=1S/C15H26O/c1-11(2)12-7-8-13-6-5-9-15(4,16)14(13,3)10-12/h6,11-12,16H,5,7-10H2,1-4H3/t12-,14+,15-/m1/s1. The monoisotopic (exact) mass is 222 g/mol. The summed E-state index contributed by atoms with van der Waals surface area (Å²) in [5, 5.41) is 10.7. The molecule has 92 valence electrons. The average Bonchev–Trinajstić information content (AvgIpc) is 2.18. The van der Waals surface area contributed by atoms with E-state index in [1.807, 2.05) is 6.92 Å². The van der Waals surface area contributed by atoms with Crippen LogP contribution < -0.4 is 0 Å². The quantitative estimate of drug-likeness (QED) is 0.667. The van der Waals surface area contributed by atoms with E-state index < -0.39 is 5.60 Å². The second-order valence-electron chi connectivity index (χ2n) is 6.62. The van der Waals surface area contributed by atoms with Gasteiger partial charge in [0, 0.05) is 5.41 Å². The van der Waals surface area contributed by atoms with E-state index in [-0.39, 0.29) is 5.41 Å². The van der Waals surface area contributed by atoms with E-state index in [0.29, 0.717) is 0 Å². The molecule has 2 aliphatic rings. The number of rotatable bonds is 1. The van der Waals surface area contributed by atoms with Crippen LogP contribution in [0, 0.1) is 17.3 Å². The highest BCUT2D eigenvalue weighted by molar-refractivity contribution is 5.25. The first kappa shape index (κ1) is 12.2. The lowest BCUT2D eigenvalue weighted by molar-refractivity contribution is -0.0767. The molecule has 0 spiro atoms. The number of fused-ring (bicyclic) bond motifs is 1. The Bertz CT molecular complexity index is 301. The molecule has 0 saturated heterocycles. The molecule has 1 nitrogen and oxygen atoms in total. The van der Waals surface area contributed by atoms with Crippen LogP contribution in [-0.2, 0) is 0 Å². The first-order valence-electron chi connectivity index (χ1n) is 6.79. The first-order valence-corrected chi connectivity index (χ1v) is 6.79. The molecule has 0 heterocycles. The van der Waals surface area contributed by atoms with Crippen LogP contribution in [0.15, 0.2) is 11.6 Å². The molecule has 1 heteroatoms. The van der Waals surface area contributed by atoms with E-state index in [1.165, 1.54) is 24.8 Å². The van der Waals surface area contributed by atoms with Crippen LogP contribution in [0.1, 0.15) is 59.8 Å². The zero-order chi connectivity index (χ0) is 12.0. The third-order valence-corrected chi connectivity index (χ3v) is 5.32. The van der Waals surface area contributed by atoms with Crippen molar-refractivity contribution >= 4 is 0 Å². The van der Waals surface area contributed by atoms with Crippen LogP contribution in [-0.4, -0.2) is 10.7 Å². The second kappa shape index (κ2) is 3.87. The minimum Gasteiger partial charge on any atom is -0.389 e. The number of hydrogen-bond donors (Lipinski definition) is 1. The Morgan fingerprint density at radius 3 is 2.69 bits per heavy atom. The fraction of sp³-hybridized carbons (Fsp3) is 0.867. The van der Waals surface area contributed by atoms with Gasteiger partial charge in [0.25, 0.3) is 0 Å². The van der Waals surface area contributed by atoms with E-state index in [1.54, 1.807) is 0 Å². The van der Waals surface area contributed by atoms with Gasteiger partial charge >= 0.3 is 0 Å². The van der Waals surface area contributed by atoms with Crippen molar-refractivity contribution < 1.29 is 5.11 Å². The molecule has 2 aliphatic carbocycles. The number of allylic oxidation sites excluding steroid dienone is 1. The molecule has 1 fully saturated rings. The molecule has 1 N–H and O–H groups in total. The molecule has 0 amide bonds. The Kier molecular flexibility index (Phi) is 2.94. The Morgan fingerprint density at radius 1 is 1.38 bits per heavy atom. The molecule has 3 atom stereocenters. The summed E-state index contributed by atoms with van der Waals surface area (Å²) >= 11 is 0. The molecule has 16 heavy (non-hydrogen) atoms. The Hall–Kier alpha value is -0.300.